The van der Waals surface area contributed by atoms with Crippen molar-refractivity contribution in [2.24, 2.45) is 0 Å². The summed E-state index contributed by atoms with van der Waals surface area (Å²) in [4.78, 5) is 22.5. The molecular formula is C11H18N4O. The second-order valence-electron chi connectivity index (χ2n) is 4.26. The Morgan fingerprint density at radius 2 is 2.38 bits per heavy atom. The van der Waals surface area contributed by atoms with Gasteiger partial charge in [0.15, 0.2) is 0 Å². The molecule has 1 aromatic rings. The van der Waals surface area contributed by atoms with Crippen molar-refractivity contribution < 1.29 is 0 Å². The number of aromatic nitrogens is 2. The van der Waals surface area contributed by atoms with Gasteiger partial charge in [0.1, 0.15) is 5.82 Å². The summed E-state index contributed by atoms with van der Waals surface area (Å²) >= 11 is 0. The van der Waals surface area contributed by atoms with E-state index in [0.717, 1.165) is 31.9 Å². The minimum Gasteiger partial charge on any atom is -0.354 e. The van der Waals surface area contributed by atoms with E-state index in [1.54, 1.807) is 6.07 Å². The van der Waals surface area contributed by atoms with Crippen molar-refractivity contribution in [3.05, 3.63) is 22.7 Å². The molecule has 1 N–H and O–H groups in total. The molecule has 0 aliphatic carbocycles. The molecule has 1 saturated heterocycles. The smallest absolute Gasteiger partial charge is 0.252 e. The van der Waals surface area contributed by atoms with Gasteiger partial charge in [-0.25, -0.2) is 4.98 Å². The number of rotatable bonds is 2. The Morgan fingerprint density at radius 1 is 1.56 bits per heavy atom. The molecule has 1 unspecified atom stereocenters. The van der Waals surface area contributed by atoms with Crippen LogP contribution in [0.5, 0.6) is 0 Å². The second-order valence-corrected chi connectivity index (χ2v) is 4.26. The summed E-state index contributed by atoms with van der Waals surface area (Å²) in [5, 5.41) is 0. The van der Waals surface area contributed by atoms with Gasteiger partial charge in [-0.1, -0.05) is 6.92 Å². The zero-order valence-electron chi connectivity index (χ0n) is 9.81. The third-order valence-corrected chi connectivity index (χ3v) is 3.24. The van der Waals surface area contributed by atoms with E-state index in [1.165, 1.54) is 6.33 Å². The van der Waals surface area contributed by atoms with Crippen molar-refractivity contribution in [2.75, 3.05) is 31.6 Å². The Labute approximate surface area is 95.1 Å². The van der Waals surface area contributed by atoms with Crippen LogP contribution in [0.4, 0.5) is 5.82 Å². The van der Waals surface area contributed by atoms with Crippen LogP contribution in [0.2, 0.25) is 0 Å². The van der Waals surface area contributed by atoms with Crippen LogP contribution in [0, 0.1) is 0 Å². The first-order valence-electron chi connectivity index (χ1n) is 5.70. The lowest BCUT2D eigenvalue weighted by Gasteiger charge is -2.39. The van der Waals surface area contributed by atoms with Crippen molar-refractivity contribution >= 4 is 5.82 Å². The van der Waals surface area contributed by atoms with Crippen LogP contribution >= 0.6 is 0 Å². The highest BCUT2D eigenvalue weighted by molar-refractivity contribution is 5.37. The fourth-order valence-corrected chi connectivity index (χ4v) is 2.13. The summed E-state index contributed by atoms with van der Waals surface area (Å²) in [5.41, 5.74) is -0.0861. The van der Waals surface area contributed by atoms with E-state index in [1.807, 2.05) is 0 Å². The van der Waals surface area contributed by atoms with E-state index in [4.69, 9.17) is 0 Å². The molecule has 2 rings (SSSR count). The largest absolute Gasteiger partial charge is 0.354 e. The minimum atomic E-state index is -0.0861. The molecule has 88 valence electrons. The third kappa shape index (κ3) is 2.24. The summed E-state index contributed by atoms with van der Waals surface area (Å²) in [7, 11) is 2.15. The predicted octanol–water partition coefficient (Wildman–Crippen LogP) is 0.300. The molecular weight excluding hydrogens is 204 g/mol. The zero-order chi connectivity index (χ0) is 11.5. The molecule has 1 fully saturated rings. The topological polar surface area (TPSA) is 52.2 Å². The minimum absolute atomic E-state index is 0.0861. The number of hydrogen-bond acceptors (Lipinski definition) is 4. The van der Waals surface area contributed by atoms with E-state index in [9.17, 15) is 4.79 Å². The average Bonchev–Trinajstić information content (AvgIpc) is 2.29. The molecule has 0 saturated carbocycles. The number of anilines is 1. The van der Waals surface area contributed by atoms with E-state index in [2.05, 4.69) is 33.7 Å². The number of aromatic amines is 1. The molecule has 5 heteroatoms. The first-order valence-corrected chi connectivity index (χ1v) is 5.70. The Bertz CT molecular complexity index is 403. The number of nitrogens with one attached hydrogen (secondary N) is 1. The maximum absolute atomic E-state index is 11.2. The quantitative estimate of drug-likeness (QED) is 0.782. The van der Waals surface area contributed by atoms with Crippen LogP contribution < -0.4 is 10.5 Å². The highest BCUT2D eigenvalue weighted by atomic mass is 16.1. The van der Waals surface area contributed by atoms with E-state index in [0.29, 0.717) is 6.04 Å². The van der Waals surface area contributed by atoms with Gasteiger partial charge in [-0.3, -0.25) is 9.69 Å². The Balaban J connectivity index is 2.14. The molecule has 1 aromatic heterocycles. The van der Waals surface area contributed by atoms with E-state index >= 15 is 0 Å². The average molecular weight is 222 g/mol. The van der Waals surface area contributed by atoms with Crippen molar-refractivity contribution in [1.82, 2.24) is 14.9 Å². The van der Waals surface area contributed by atoms with Crippen molar-refractivity contribution in [1.29, 1.82) is 0 Å². The lowest BCUT2D eigenvalue weighted by molar-refractivity contribution is 0.213. The number of likely N-dealkylation sites (N-methyl/N-ethyl adjacent to an activating group) is 1. The summed E-state index contributed by atoms with van der Waals surface area (Å²) in [6, 6.07) is 2.12. The molecule has 0 radical (unpaired) electrons. The van der Waals surface area contributed by atoms with Crippen molar-refractivity contribution in [3.8, 4) is 0 Å². The number of nitrogens with zero attached hydrogens (tertiary/aromatic N) is 3. The van der Waals surface area contributed by atoms with Gasteiger partial charge in [0.25, 0.3) is 5.56 Å². The van der Waals surface area contributed by atoms with Crippen LogP contribution in [0.1, 0.15) is 13.3 Å². The third-order valence-electron chi connectivity index (χ3n) is 3.24. The molecule has 1 atom stereocenters. The Kier molecular flexibility index (Phi) is 3.24. The van der Waals surface area contributed by atoms with Gasteiger partial charge in [-0.2, -0.15) is 0 Å². The Hall–Kier alpha value is -1.36. The van der Waals surface area contributed by atoms with Gasteiger partial charge in [0, 0.05) is 31.7 Å². The zero-order valence-corrected chi connectivity index (χ0v) is 9.81. The first-order chi connectivity index (χ1) is 7.70. The maximum atomic E-state index is 11.2. The van der Waals surface area contributed by atoms with Gasteiger partial charge in [0.05, 0.1) is 6.33 Å². The second kappa shape index (κ2) is 4.65. The maximum Gasteiger partial charge on any atom is 0.252 e. The molecule has 1 aliphatic rings. The molecule has 0 aromatic carbocycles. The fourth-order valence-electron chi connectivity index (χ4n) is 2.13. The number of hydrogen-bond donors (Lipinski definition) is 1. The van der Waals surface area contributed by atoms with E-state index < -0.39 is 0 Å². The van der Waals surface area contributed by atoms with E-state index in [-0.39, 0.29) is 5.56 Å². The van der Waals surface area contributed by atoms with Crippen molar-refractivity contribution in [2.45, 2.75) is 19.4 Å². The molecule has 5 nitrogen and oxygen atoms in total. The fraction of sp³-hybridized carbons (Fsp3) is 0.636. The highest BCUT2D eigenvalue weighted by Crippen LogP contribution is 2.15. The van der Waals surface area contributed by atoms with Crippen LogP contribution in [0.15, 0.2) is 17.2 Å². The summed E-state index contributed by atoms with van der Waals surface area (Å²) in [5.74, 6) is 0.787. The Morgan fingerprint density at radius 3 is 3.06 bits per heavy atom. The first kappa shape index (κ1) is 11.1. The molecule has 16 heavy (non-hydrogen) atoms. The molecule has 1 aliphatic heterocycles. The van der Waals surface area contributed by atoms with Crippen LogP contribution in [-0.2, 0) is 0 Å². The van der Waals surface area contributed by atoms with Crippen LogP contribution in [-0.4, -0.2) is 47.6 Å². The summed E-state index contributed by atoms with van der Waals surface area (Å²) in [6.45, 7) is 5.09. The van der Waals surface area contributed by atoms with Gasteiger partial charge >= 0.3 is 0 Å². The van der Waals surface area contributed by atoms with Gasteiger partial charge < -0.3 is 9.88 Å². The molecule has 0 amide bonds. The number of H-pyrrole nitrogens is 1. The normalized spacial score (nSPS) is 22.4. The van der Waals surface area contributed by atoms with Crippen LogP contribution in [0.25, 0.3) is 0 Å². The molecule has 0 bridgehead atoms. The number of piperazine rings is 1. The lowest BCUT2D eigenvalue weighted by atomic mass is 10.1. The van der Waals surface area contributed by atoms with Gasteiger partial charge in [0.2, 0.25) is 0 Å². The summed E-state index contributed by atoms with van der Waals surface area (Å²) < 4.78 is 0. The van der Waals surface area contributed by atoms with Crippen molar-refractivity contribution in [3.63, 3.8) is 0 Å². The molecule has 2 heterocycles. The predicted molar refractivity (Wildman–Crippen MR) is 63.8 cm³/mol. The molecule has 0 spiro atoms. The summed E-state index contributed by atoms with van der Waals surface area (Å²) in [6.07, 6.45) is 2.59. The highest BCUT2D eigenvalue weighted by Gasteiger charge is 2.23. The standard InChI is InChI=1S/C11H18N4O/c1-3-9-7-15(5-4-14(9)2)10-6-11(16)13-8-12-10/h6,8-9H,3-5,7H2,1-2H3,(H,12,13,16). The lowest BCUT2D eigenvalue weighted by Crippen LogP contribution is -2.51. The van der Waals surface area contributed by atoms with Crippen LogP contribution in [0.3, 0.4) is 0 Å². The monoisotopic (exact) mass is 222 g/mol. The van der Waals surface area contributed by atoms with Gasteiger partial charge in [-0.15, -0.1) is 0 Å². The van der Waals surface area contributed by atoms with Gasteiger partial charge in [-0.05, 0) is 13.5 Å². The SMILES string of the molecule is CCC1CN(c2cc(=O)[nH]cn2)CCN1C.